The zero-order valence-electron chi connectivity index (χ0n) is 20.1. The van der Waals surface area contributed by atoms with Crippen molar-refractivity contribution < 1.29 is 19.5 Å². The number of hydrogen-bond acceptors (Lipinski definition) is 6. The van der Waals surface area contributed by atoms with Crippen LogP contribution in [0.15, 0.2) is 78.4 Å². The van der Waals surface area contributed by atoms with Crippen LogP contribution >= 0.6 is 0 Å². The van der Waals surface area contributed by atoms with Crippen molar-refractivity contribution in [3.63, 3.8) is 0 Å². The Hall–Kier alpha value is -4.85. The fourth-order valence-corrected chi connectivity index (χ4v) is 5.15. The van der Waals surface area contributed by atoms with Crippen LogP contribution in [0.5, 0.6) is 0 Å². The van der Waals surface area contributed by atoms with Crippen LogP contribution < -0.4 is 10.2 Å². The third-order valence-corrected chi connectivity index (χ3v) is 7.02. The molecule has 4 aromatic rings. The molecular formula is C29H22N4O4. The Labute approximate surface area is 212 Å². The van der Waals surface area contributed by atoms with Crippen molar-refractivity contribution >= 4 is 45.8 Å². The first-order valence-corrected chi connectivity index (χ1v) is 11.8. The lowest BCUT2D eigenvalue weighted by Crippen LogP contribution is -2.60. The second-order valence-corrected chi connectivity index (χ2v) is 9.31. The Morgan fingerprint density at radius 1 is 0.892 bits per heavy atom. The number of nitrogens with one attached hydrogen (secondary N) is 1. The average Bonchev–Trinajstić information content (AvgIpc) is 3.12. The smallest absolute Gasteiger partial charge is 0.300 e. The summed E-state index contributed by atoms with van der Waals surface area (Å²) in [5, 5.41) is 14.3. The minimum Gasteiger partial charge on any atom is -0.507 e. The van der Waals surface area contributed by atoms with Crippen LogP contribution in [0.4, 0.5) is 11.4 Å². The Bertz CT molecular complexity index is 1680. The molecule has 2 N–H and O–H groups in total. The van der Waals surface area contributed by atoms with Gasteiger partial charge in [-0.1, -0.05) is 54.1 Å². The molecule has 1 atom stereocenters. The Balaban J connectivity index is 1.64. The van der Waals surface area contributed by atoms with Gasteiger partial charge in [-0.05, 0) is 38.1 Å². The fourth-order valence-electron chi connectivity index (χ4n) is 5.15. The molecule has 1 unspecified atom stereocenters. The van der Waals surface area contributed by atoms with Crippen molar-refractivity contribution in [2.24, 2.45) is 0 Å². The molecule has 0 aliphatic carbocycles. The predicted octanol–water partition coefficient (Wildman–Crippen LogP) is 4.07. The van der Waals surface area contributed by atoms with E-state index >= 15 is 0 Å². The molecule has 3 heterocycles. The highest BCUT2D eigenvalue weighted by atomic mass is 16.3. The molecule has 2 aliphatic heterocycles. The maximum Gasteiger partial charge on any atom is 0.300 e. The minimum atomic E-state index is -1.86. The van der Waals surface area contributed by atoms with Gasteiger partial charge in [0.25, 0.3) is 11.7 Å². The van der Waals surface area contributed by atoms with E-state index in [1.807, 2.05) is 31.2 Å². The SMILES string of the molecule is Cc1ccc(/C(O)=C2\C(=O)C(=O)N3c4ccccc4NC(=O)C23Cc2nc3ccccc3nc2C)cc1. The number of aliphatic hydroxyl groups excluding tert-OH is 1. The molecule has 3 aromatic carbocycles. The van der Waals surface area contributed by atoms with Crippen LogP contribution in [0, 0.1) is 13.8 Å². The standard InChI is InChI=1S/C29H22N4O4/c1-16-11-13-18(14-12-16)25(34)24-26(35)27(36)33-23-10-6-5-9-21(23)32-28(37)29(24,33)15-22-17(2)30-19-7-3-4-8-20(19)31-22/h3-14,34H,15H2,1-2H3,(H,32,37)/b25-24-. The molecule has 8 nitrogen and oxygen atoms in total. The lowest BCUT2D eigenvalue weighted by Gasteiger charge is -2.41. The van der Waals surface area contributed by atoms with Gasteiger partial charge in [0, 0.05) is 12.0 Å². The van der Waals surface area contributed by atoms with Crippen LogP contribution in [-0.4, -0.2) is 38.2 Å². The number of rotatable bonds is 3. The van der Waals surface area contributed by atoms with Crippen LogP contribution in [0.2, 0.25) is 0 Å². The summed E-state index contributed by atoms with van der Waals surface area (Å²) < 4.78 is 0. The highest BCUT2D eigenvalue weighted by Crippen LogP contribution is 2.48. The number of carbonyl (C=O) groups excluding carboxylic acids is 3. The topological polar surface area (TPSA) is 112 Å². The second kappa shape index (κ2) is 8.09. The largest absolute Gasteiger partial charge is 0.507 e. The highest BCUT2D eigenvalue weighted by molar-refractivity contribution is 6.55. The summed E-state index contributed by atoms with van der Waals surface area (Å²) in [6.45, 7) is 3.67. The molecular weight excluding hydrogens is 468 g/mol. The van der Waals surface area contributed by atoms with E-state index in [1.54, 1.807) is 55.5 Å². The summed E-state index contributed by atoms with van der Waals surface area (Å²) in [5.41, 5.74) is 2.23. The number of anilines is 2. The predicted molar refractivity (Wildman–Crippen MR) is 139 cm³/mol. The Morgan fingerprint density at radius 3 is 2.27 bits per heavy atom. The number of benzene rings is 3. The van der Waals surface area contributed by atoms with E-state index in [4.69, 9.17) is 4.98 Å². The number of carbonyl (C=O) groups is 3. The molecule has 0 radical (unpaired) electrons. The molecule has 6 rings (SSSR count). The monoisotopic (exact) mass is 490 g/mol. The van der Waals surface area contributed by atoms with E-state index < -0.39 is 28.9 Å². The zero-order valence-corrected chi connectivity index (χ0v) is 20.1. The second-order valence-electron chi connectivity index (χ2n) is 9.31. The van der Waals surface area contributed by atoms with E-state index in [-0.39, 0.29) is 12.0 Å². The fraction of sp³-hybridized carbons (Fsp3) is 0.138. The van der Waals surface area contributed by atoms with Gasteiger partial charge in [0.15, 0.2) is 5.54 Å². The van der Waals surface area contributed by atoms with Gasteiger partial charge in [0.2, 0.25) is 0 Å². The molecule has 0 spiro atoms. The summed E-state index contributed by atoms with van der Waals surface area (Å²) in [6.07, 6.45) is -0.153. The summed E-state index contributed by atoms with van der Waals surface area (Å²) in [5.74, 6) is -2.84. The van der Waals surface area contributed by atoms with Gasteiger partial charge >= 0.3 is 5.91 Å². The summed E-state index contributed by atoms with van der Waals surface area (Å²) in [4.78, 5) is 51.7. The van der Waals surface area contributed by atoms with Crippen molar-refractivity contribution in [2.75, 3.05) is 10.2 Å². The molecule has 0 bridgehead atoms. The first-order chi connectivity index (χ1) is 17.8. The number of Topliss-reactive ketones (excluding diaryl/α,β-unsaturated/α-hetero) is 1. The first kappa shape index (κ1) is 22.6. The van der Waals surface area contributed by atoms with Crippen molar-refractivity contribution in [3.05, 3.63) is 101 Å². The van der Waals surface area contributed by atoms with Gasteiger partial charge < -0.3 is 10.4 Å². The lowest BCUT2D eigenvalue weighted by molar-refractivity contribution is -0.132. The first-order valence-electron chi connectivity index (χ1n) is 11.8. The van der Waals surface area contributed by atoms with Crippen LogP contribution in [0.1, 0.15) is 22.5 Å². The van der Waals surface area contributed by atoms with Crippen LogP contribution in [0.25, 0.3) is 16.8 Å². The minimum absolute atomic E-state index is 0.153. The molecule has 1 aromatic heterocycles. The van der Waals surface area contributed by atoms with E-state index in [0.717, 1.165) is 5.56 Å². The van der Waals surface area contributed by atoms with Crippen molar-refractivity contribution in [3.8, 4) is 0 Å². The number of aryl methyl sites for hydroxylation is 2. The third-order valence-electron chi connectivity index (χ3n) is 7.02. The van der Waals surface area contributed by atoms with Gasteiger partial charge in [-0.3, -0.25) is 19.3 Å². The van der Waals surface area contributed by atoms with E-state index in [9.17, 15) is 19.5 Å². The van der Waals surface area contributed by atoms with Crippen molar-refractivity contribution in [1.29, 1.82) is 0 Å². The van der Waals surface area contributed by atoms with Gasteiger partial charge in [0.05, 0.1) is 39.4 Å². The zero-order chi connectivity index (χ0) is 25.9. The molecule has 2 aliphatic rings. The third kappa shape index (κ3) is 3.26. The van der Waals surface area contributed by atoms with E-state index in [0.29, 0.717) is 39.4 Å². The molecule has 1 saturated heterocycles. The van der Waals surface area contributed by atoms with E-state index in [2.05, 4.69) is 10.3 Å². The van der Waals surface area contributed by atoms with Crippen molar-refractivity contribution in [1.82, 2.24) is 9.97 Å². The quantitative estimate of drug-likeness (QED) is 0.254. The van der Waals surface area contributed by atoms with Gasteiger partial charge in [0.1, 0.15) is 5.76 Å². The maximum atomic E-state index is 14.0. The number of hydrogen-bond donors (Lipinski definition) is 2. The normalized spacial score (nSPS) is 20.1. The van der Waals surface area contributed by atoms with Gasteiger partial charge in [-0.25, -0.2) is 9.97 Å². The van der Waals surface area contributed by atoms with Crippen molar-refractivity contribution in [2.45, 2.75) is 25.8 Å². The van der Waals surface area contributed by atoms with Crippen LogP contribution in [-0.2, 0) is 20.8 Å². The number of para-hydroxylation sites is 4. The molecule has 37 heavy (non-hydrogen) atoms. The number of aromatic nitrogens is 2. The number of fused-ring (bicyclic) bond motifs is 4. The molecule has 2 amide bonds. The number of aliphatic hydroxyl groups is 1. The van der Waals surface area contributed by atoms with Gasteiger partial charge in [-0.15, -0.1) is 0 Å². The highest BCUT2D eigenvalue weighted by Gasteiger charge is 2.64. The number of amides is 2. The summed E-state index contributed by atoms with van der Waals surface area (Å²) >= 11 is 0. The maximum absolute atomic E-state index is 14.0. The molecule has 1 fully saturated rings. The average molecular weight is 491 g/mol. The lowest BCUT2D eigenvalue weighted by atomic mass is 9.80. The molecule has 0 saturated carbocycles. The Kier molecular flexibility index (Phi) is 4.94. The molecule has 8 heteroatoms. The number of ketones is 1. The number of nitrogens with zero attached hydrogens (tertiary/aromatic N) is 3. The summed E-state index contributed by atoms with van der Waals surface area (Å²) in [6, 6.07) is 21.0. The summed E-state index contributed by atoms with van der Waals surface area (Å²) in [7, 11) is 0. The Morgan fingerprint density at radius 2 is 1.54 bits per heavy atom. The van der Waals surface area contributed by atoms with Crippen LogP contribution in [0.3, 0.4) is 0 Å². The van der Waals surface area contributed by atoms with E-state index in [1.165, 1.54) is 4.90 Å². The molecule has 182 valence electrons. The van der Waals surface area contributed by atoms with Gasteiger partial charge in [-0.2, -0.15) is 0 Å².